The summed E-state index contributed by atoms with van der Waals surface area (Å²) >= 11 is 1.88. The fraction of sp³-hybridized carbons (Fsp3) is 0.0172. The van der Waals surface area contributed by atoms with Gasteiger partial charge >= 0.3 is 0 Å². The Kier molecular flexibility index (Phi) is 6.70. The molecule has 6 heteroatoms. The molecule has 5 nitrogen and oxygen atoms in total. The van der Waals surface area contributed by atoms with Crippen LogP contribution in [0.4, 0.5) is 0 Å². The molecule has 64 heavy (non-hydrogen) atoms. The number of rotatable bonds is 5. The number of benzene rings is 9. The van der Waals surface area contributed by atoms with Crippen molar-refractivity contribution in [2.45, 2.75) is 5.41 Å². The average molecular weight is 832 g/mol. The van der Waals surface area contributed by atoms with Gasteiger partial charge in [0.15, 0.2) is 11.6 Å². The highest BCUT2D eigenvalue weighted by Crippen LogP contribution is 2.58. The zero-order valence-electron chi connectivity index (χ0n) is 34.2. The first-order chi connectivity index (χ1) is 31.8. The molecule has 0 unspecified atom stereocenters. The van der Waals surface area contributed by atoms with Crippen molar-refractivity contribution >= 4 is 80.6 Å². The van der Waals surface area contributed by atoms with E-state index in [0.717, 1.165) is 27.7 Å². The van der Waals surface area contributed by atoms with Crippen molar-refractivity contribution in [1.82, 2.24) is 23.9 Å². The SMILES string of the molecule is c1ccc(-c2nc(-c3cccc4c3-c3ccccc3C4(c3ccccc3)c3ccccc3)nc(-n3c4ccc5sc6ccc7c8ccccc8n8c9cccc3c9c4c5c6c78)n2)cc1. The molecule has 0 radical (unpaired) electrons. The van der Waals surface area contributed by atoms with Crippen LogP contribution in [0.5, 0.6) is 0 Å². The second-order valence-electron chi connectivity index (χ2n) is 17.0. The summed E-state index contributed by atoms with van der Waals surface area (Å²) in [4.78, 5) is 16.4. The molecule has 1 aliphatic rings. The quantitative estimate of drug-likeness (QED) is 0.174. The Morgan fingerprint density at radius 2 is 1.00 bits per heavy atom. The lowest BCUT2D eigenvalue weighted by Gasteiger charge is -2.33. The lowest BCUT2D eigenvalue weighted by Crippen LogP contribution is -2.28. The minimum absolute atomic E-state index is 0.554. The smallest absolute Gasteiger partial charge is 0.238 e. The van der Waals surface area contributed by atoms with E-state index in [1.807, 2.05) is 17.4 Å². The Hall–Kier alpha value is -8.19. The molecule has 0 saturated carbocycles. The summed E-state index contributed by atoms with van der Waals surface area (Å²) in [7, 11) is 0. The predicted octanol–water partition coefficient (Wildman–Crippen LogP) is 14.5. The number of hydrogen-bond acceptors (Lipinski definition) is 4. The molecule has 0 atom stereocenters. The Labute approximate surface area is 370 Å². The van der Waals surface area contributed by atoms with Crippen molar-refractivity contribution in [3.05, 3.63) is 222 Å². The van der Waals surface area contributed by atoms with Gasteiger partial charge < -0.3 is 4.40 Å². The van der Waals surface area contributed by atoms with Gasteiger partial charge in [-0.2, -0.15) is 9.97 Å². The number of thiophene rings is 1. The van der Waals surface area contributed by atoms with Crippen LogP contribution in [0.3, 0.4) is 0 Å². The van der Waals surface area contributed by atoms with E-state index in [1.165, 1.54) is 86.1 Å². The Morgan fingerprint density at radius 3 is 1.83 bits per heavy atom. The molecule has 0 bridgehead atoms. The van der Waals surface area contributed by atoms with Gasteiger partial charge in [-0.3, -0.25) is 4.57 Å². The first-order valence-electron chi connectivity index (χ1n) is 21.8. The van der Waals surface area contributed by atoms with E-state index in [4.69, 9.17) is 15.0 Å². The largest absolute Gasteiger partial charge is 0.308 e. The van der Waals surface area contributed by atoms with E-state index in [0.29, 0.717) is 17.6 Å². The van der Waals surface area contributed by atoms with Gasteiger partial charge in [0.25, 0.3) is 0 Å². The van der Waals surface area contributed by atoms with Gasteiger partial charge in [-0.1, -0.05) is 164 Å². The lowest BCUT2D eigenvalue weighted by molar-refractivity contribution is 0.768. The minimum atomic E-state index is -0.554. The summed E-state index contributed by atoms with van der Waals surface area (Å²) < 4.78 is 7.38. The van der Waals surface area contributed by atoms with Crippen molar-refractivity contribution in [3.8, 4) is 39.9 Å². The van der Waals surface area contributed by atoms with Gasteiger partial charge in [0, 0.05) is 52.8 Å². The average Bonchev–Trinajstić information content (AvgIpc) is 4.07. The van der Waals surface area contributed by atoms with Crippen LogP contribution in [0.1, 0.15) is 22.3 Å². The molecule has 0 amide bonds. The van der Waals surface area contributed by atoms with E-state index in [1.54, 1.807) is 0 Å². The number of nitrogens with zero attached hydrogens (tertiary/aromatic N) is 5. The molecule has 14 aromatic rings. The van der Waals surface area contributed by atoms with Gasteiger partial charge in [0.1, 0.15) is 0 Å². The van der Waals surface area contributed by atoms with E-state index < -0.39 is 5.41 Å². The monoisotopic (exact) mass is 831 g/mol. The summed E-state index contributed by atoms with van der Waals surface area (Å²) in [5, 5.41) is 7.60. The lowest BCUT2D eigenvalue weighted by atomic mass is 9.67. The van der Waals surface area contributed by atoms with Crippen LogP contribution >= 0.6 is 11.3 Å². The molecule has 0 aliphatic heterocycles. The molecule has 15 rings (SSSR count). The Balaban J connectivity index is 1.07. The zero-order valence-corrected chi connectivity index (χ0v) is 35.0. The zero-order chi connectivity index (χ0) is 41.7. The molecule has 0 saturated heterocycles. The maximum Gasteiger partial charge on any atom is 0.238 e. The van der Waals surface area contributed by atoms with E-state index >= 15 is 0 Å². The Morgan fingerprint density at radius 1 is 0.391 bits per heavy atom. The van der Waals surface area contributed by atoms with Crippen LogP contribution in [0, 0.1) is 0 Å². The topological polar surface area (TPSA) is 48.0 Å². The van der Waals surface area contributed by atoms with Crippen LogP contribution in [0.15, 0.2) is 200 Å². The normalized spacial score (nSPS) is 13.4. The number of para-hydroxylation sites is 1. The molecular weight excluding hydrogens is 799 g/mol. The van der Waals surface area contributed by atoms with Gasteiger partial charge in [-0.25, -0.2) is 4.98 Å². The van der Waals surface area contributed by atoms with Gasteiger partial charge in [0.05, 0.1) is 33.0 Å². The summed E-state index contributed by atoms with van der Waals surface area (Å²) in [5.41, 5.74) is 14.4. The fourth-order valence-electron chi connectivity index (χ4n) is 11.6. The summed E-state index contributed by atoms with van der Waals surface area (Å²) in [6.45, 7) is 0. The second-order valence-corrected chi connectivity index (χ2v) is 18.1. The van der Waals surface area contributed by atoms with E-state index in [-0.39, 0.29) is 0 Å². The third-order valence-corrected chi connectivity index (χ3v) is 15.1. The third-order valence-electron chi connectivity index (χ3n) is 14.0. The second kappa shape index (κ2) is 12.5. The number of hydrogen-bond donors (Lipinski definition) is 0. The molecule has 5 heterocycles. The summed E-state index contributed by atoms with van der Waals surface area (Å²) in [6, 6.07) is 72.6. The highest BCUT2D eigenvalue weighted by Gasteiger charge is 2.47. The summed E-state index contributed by atoms with van der Waals surface area (Å²) in [6.07, 6.45) is 0. The predicted molar refractivity (Wildman–Crippen MR) is 264 cm³/mol. The molecule has 5 aromatic heterocycles. The first-order valence-corrected chi connectivity index (χ1v) is 22.6. The van der Waals surface area contributed by atoms with Crippen molar-refractivity contribution in [2.24, 2.45) is 0 Å². The van der Waals surface area contributed by atoms with E-state index in [9.17, 15) is 0 Å². The van der Waals surface area contributed by atoms with Crippen molar-refractivity contribution in [3.63, 3.8) is 0 Å². The molecular formula is C58H33N5S. The number of fused-ring (bicyclic) bond motifs is 7. The van der Waals surface area contributed by atoms with Crippen molar-refractivity contribution in [2.75, 3.05) is 0 Å². The highest BCUT2D eigenvalue weighted by molar-refractivity contribution is 7.26. The first kappa shape index (κ1) is 34.4. The molecule has 0 N–H and O–H groups in total. The maximum absolute atomic E-state index is 5.61. The summed E-state index contributed by atoms with van der Waals surface area (Å²) in [5.74, 6) is 1.85. The van der Waals surface area contributed by atoms with Gasteiger partial charge in [-0.15, -0.1) is 11.3 Å². The molecule has 0 fully saturated rings. The van der Waals surface area contributed by atoms with Gasteiger partial charge in [0.2, 0.25) is 5.95 Å². The van der Waals surface area contributed by atoms with Crippen LogP contribution < -0.4 is 0 Å². The van der Waals surface area contributed by atoms with Crippen LogP contribution in [0.25, 0.3) is 109 Å². The molecule has 0 spiro atoms. The molecule has 1 aliphatic carbocycles. The third kappa shape index (κ3) is 4.25. The van der Waals surface area contributed by atoms with Crippen LogP contribution in [-0.2, 0) is 5.41 Å². The number of aromatic nitrogens is 5. The molecule has 9 aromatic carbocycles. The van der Waals surface area contributed by atoms with Crippen LogP contribution in [-0.4, -0.2) is 23.9 Å². The standard InChI is InChI=1S/C58H33N5S/c1-4-16-34(17-5-1)55-59-56(40-24-14-26-42-49(40)39-23-10-12-25-41(39)58(42,35-18-6-2-7-19-35)36-20-8-3-9-21-36)61-57(60-55)63-45-29-15-28-44-50(45)51-46(63)31-33-47-52(51)53-48(64-47)32-30-38-37-22-11-13-27-43(37)62(44)54(38)53/h1-33H. The van der Waals surface area contributed by atoms with Crippen molar-refractivity contribution < 1.29 is 0 Å². The highest BCUT2D eigenvalue weighted by atomic mass is 32.1. The van der Waals surface area contributed by atoms with Gasteiger partial charge in [-0.05, 0) is 69.8 Å². The van der Waals surface area contributed by atoms with E-state index in [2.05, 4.69) is 203 Å². The maximum atomic E-state index is 5.61. The minimum Gasteiger partial charge on any atom is -0.308 e. The Bertz CT molecular complexity index is 4140. The fourth-order valence-corrected chi connectivity index (χ4v) is 12.7. The van der Waals surface area contributed by atoms with Crippen molar-refractivity contribution in [1.29, 1.82) is 0 Å². The van der Waals surface area contributed by atoms with Crippen LogP contribution in [0.2, 0.25) is 0 Å². The molecule has 296 valence electrons.